The molecular weight excluding hydrogens is 610 g/mol. The van der Waals surface area contributed by atoms with Crippen LogP contribution in [0.25, 0.3) is 23.1 Å². The molecule has 230 valence electrons. The summed E-state index contributed by atoms with van der Waals surface area (Å²) in [7, 11) is 0. The molecule has 0 radical (unpaired) electrons. The lowest BCUT2D eigenvalue weighted by molar-refractivity contribution is -0.384. The molecule has 46 heavy (non-hydrogen) atoms. The molecule has 5 aromatic rings. The molecule has 1 atom stereocenters. The Morgan fingerprint density at radius 1 is 1.09 bits per heavy atom. The van der Waals surface area contributed by atoms with Crippen molar-refractivity contribution in [2.45, 2.75) is 19.9 Å². The molecule has 2 aromatic heterocycles. The number of aryl methyl sites for hydroxylation is 1. The van der Waals surface area contributed by atoms with Crippen molar-refractivity contribution in [1.29, 1.82) is 0 Å². The zero-order valence-electron chi connectivity index (χ0n) is 24.6. The lowest BCUT2D eigenvalue weighted by atomic mass is 9.93. The van der Waals surface area contributed by atoms with E-state index in [9.17, 15) is 19.7 Å². The van der Waals surface area contributed by atoms with Crippen LogP contribution in [0.5, 0.6) is 11.5 Å². The van der Waals surface area contributed by atoms with Gasteiger partial charge in [0.15, 0.2) is 16.3 Å². The van der Waals surface area contributed by atoms with Gasteiger partial charge in [-0.3, -0.25) is 19.5 Å². The van der Waals surface area contributed by atoms with Gasteiger partial charge in [0.2, 0.25) is 6.79 Å². The number of hydrogen-bond donors (Lipinski definition) is 0. The van der Waals surface area contributed by atoms with E-state index in [1.54, 1.807) is 56.3 Å². The predicted molar refractivity (Wildman–Crippen MR) is 169 cm³/mol. The third-order valence-corrected chi connectivity index (χ3v) is 8.66. The van der Waals surface area contributed by atoms with E-state index in [0.717, 1.165) is 0 Å². The number of nitrogens with zero attached hydrogens (tertiary/aromatic N) is 3. The third-order valence-electron chi connectivity index (χ3n) is 7.67. The number of furan rings is 1. The molecule has 3 aromatic carbocycles. The number of non-ortho nitro benzene ring substituents is 1. The second-order valence-electron chi connectivity index (χ2n) is 10.5. The maximum Gasteiger partial charge on any atom is 0.338 e. The molecule has 0 spiro atoms. The van der Waals surface area contributed by atoms with E-state index in [1.165, 1.54) is 28.0 Å². The van der Waals surface area contributed by atoms with E-state index in [-0.39, 0.29) is 30.2 Å². The minimum atomic E-state index is -0.878. The van der Waals surface area contributed by atoms with E-state index in [0.29, 0.717) is 60.3 Å². The highest BCUT2D eigenvalue weighted by atomic mass is 32.1. The van der Waals surface area contributed by atoms with Gasteiger partial charge in [0.1, 0.15) is 11.5 Å². The van der Waals surface area contributed by atoms with Gasteiger partial charge in [-0.1, -0.05) is 47.7 Å². The van der Waals surface area contributed by atoms with Gasteiger partial charge >= 0.3 is 5.97 Å². The second-order valence-corrected chi connectivity index (χ2v) is 11.5. The van der Waals surface area contributed by atoms with Crippen LogP contribution in [0.3, 0.4) is 0 Å². The van der Waals surface area contributed by atoms with Crippen LogP contribution >= 0.6 is 11.3 Å². The van der Waals surface area contributed by atoms with Crippen molar-refractivity contribution >= 4 is 34.8 Å². The quantitative estimate of drug-likeness (QED) is 0.136. The number of ether oxygens (including phenoxy) is 3. The van der Waals surface area contributed by atoms with Crippen LogP contribution in [0.4, 0.5) is 5.69 Å². The number of aromatic nitrogens is 1. The highest BCUT2D eigenvalue weighted by Gasteiger charge is 2.36. The average Bonchev–Trinajstić information content (AvgIpc) is 3.80. The highest BCUT2D eigenvalue weighted by molar-refractivity contribution is 7.07. The summed E-state index contributed by atoms with van der Waals surface area (Å²) in [6.07, 6.45) is 1.63. The van der Waals surface area contributed by atoms with Gasteiger partial charge in [-0.15, -0.1) is 0 Å². The first-order valence-electron chi connectivity index (χ1n) is 14.4. The largest absolute Gasteiger partial charge is 0.463 e. The van der Waals surface area contributed by atoms with Crippen LogP contribution in [0.15, 0.2) is 98.6 Å². The lowest BCUT2D eigenvalue weighted by Crippen LogP contribution is -2.40. The molecule has 0 amide bonds. The number of hydrogen-bond acceptors (Lipinski definition) is 10. The van der Waals surface area contributed by atoms with Crippen molar-refractivity contribution in [3.8, 4) is 22.8 Å². The van der Waals surface area contributed by atoms with Crippen molar-refractivity contribution < 1.29 is 28.3 Å². The van der Waals surface area contributed by atoms with Gasteiger partial charge in [-0.05, 0) is 55.3 Å². The Morgan fingerprint density at radius 3 is 2.65 bits per heavy atom. The summed E-state index contributed by atoms with van der Waals surface area (Å²) in [6, 6.07) is 21.7. The number of fused-ring (bicyclic) bond motifs is 2. The van der Waals surface area contributed by atoms with Crippen LogP contribution in [0, 0.1) is 17.0 Å². The molecule has 4 heterocycles. The van der Waals surface area contributed by atoms with Crippen molar-refractivity contribution in [1.82, 2.24) is 4.57 Å². The molecule has 0 aliphatic carbocycles. The van der Waals surface area contributed by atoms with Crippen molar-refractivity contribution in [3.63, 3.8) is 0 Å². The first-order valence-corrected chi connectivity index (χ1v) is 15.2. The van der Waals surface area contributed by atoms with Gasteiger partial charge in [0.05, 0.1) is 33.4 Å². The second kappa shape index (κ2) is 11.6. The SMILES string of the molecule is CCOC(=O)C1=C(c2ccccc2)N=c2s/c(=C\c3ccc(-c4ccc([N+](=O)[O-])cc4C)o3)c(=O)n2C1c1ccc2c(c1)OCO2. The fraction of sp³-hybridized carbons (Fsp3) is 0.147. The minimum Gasteiger partial charge on any atom is -0.463 e. The number of nitro groups is 1. The Hall–Kier alpha value is -5.75. The zero-order chi connectivity index (χ0) is 31.9. The number of carbonyl (C=O) groups excluding carboxylic acids is 1. The van der Waals surface area contributed by atoms with Crippen LogP contribution in [0.2, 0.25) is 0 Å². The fourth-order valence-electron chi connectivity index (χ4n) is 5.58. The smallest absolute Gasteiger partial charge is 0.338 e. The molecule has 12 heteroatoms. The van der Waals surface area contributed by atoms with Gasteiger partial charge in [-0.2, -0.15) is 0 Å². The molecule has 7 rings (SSSR count). The van der Waals surface area contributed by atoms with Gasteiger partial charge in [-0.25, -0.2) is 9.79 Å². The fourth-order valence-corrected chi connectivity index (χ4v) is 6.56. The van der Waals surface area contributed by atoms with Gasteiger partial charge in [0.25, 0.3) is 11.2 Å². The highest BCUT2D eigenvalue weighted by Crippen LogP contribution is 2.40. The molecule has 0 saturated heterocycles. The van der Waals surface area contributed by atoms with E-state index < -0.39 is 16.9 Å². The maximum atomic E-state index is 14.2. The average molecular weight is 636 g/mol. The number of carbonyl (C=O) groups is 1. The maximum absolute atomic E-state index is 14.2. The van der Waals surface area contributed by atoms with Crippen LogP contribution < -0.4 is 24.4 Å². The summed E-state index contributed by atoms with van der Waals surface area (Å²) in [4.78, 5) is 43.8. The summed E-state index contributed by atoms with van der Waals surface area (Å²) < 4.78 is 24.6. The Balaban J connectivity index is 1.40. The normalized spacial score (nSPS) is 15.4. The van der Waals surface area contributed by atoms with E-state index in [4.69, 9.17) is 23.6 Å². The molecule has 0 N–H and O–H groups in total. The van der Waals surface area contributed by atoms with Crippen LogP contribution in [-0.2, 0) is 9.53 Å². The van der Waals surface area contributed by atoms with Crippen LogP contribution in [-0.4, -0.2) is 28.9 Å². The Kier molecular flexibility index (Phi) is 7.33. The van der Waals surface area contributed by atoms with Crippen molar-refractivity contribution in [2.24, 2.45) is 4.99 Å². The monoisotopic (exact) mass is 635 g/mol. The first-order chi connectivity index (χ1) is 22.3. The molecular formula is C34H25N3O8S. The van der Waals surface area contributed by atoms with E-state index in [1.807, 2.05) is 30.3 Å². The molecule has 0 bridgehead atoms. The van der Waals surface area contributed by atoms with Crippen molar-refractivity contribution in [2.75, 3.05) is 13.4 Å². The van der Waals surface area contributed by atoms with Crippen molar-refractivity contribution in [3.05, 3.63) is 137 Å². The molecule has 1 unspecified atom stereocenters. The van der Waals surface area contributed by atoms with E-state index >= 15 is 0 Å². The summed E-state index contributed by atoms with van der Waals surface area (Å²) >= 11 is 1.17. The lowest BCUT2D eigenvalue weighted by Gasteiger charge is -2.26. The molecule has 2 aliphatic rings. The third kappa shape index (κ3) is 5.08. The number of thiazole rings is 1. The summed E-state index contributed by atoms with van der Waals surface area (Å²) in [6.45, 7) is 3.70. The summed E-state index contributed by atoms with van der Waals surface area (Å²) in [5.74, 6) is 1.39. The van der Waals surface area contributed by atoms with Crippen LogP contribution in [0.1, 0.15) is 35.4 Å². The molecule has 0 saturated carbocycles. The Bertz CT molecular complexity index is 2250. The van der Waals surface area contributed by atoms with Gasteiger partial charge in [0, 0.05) is 29.3 Å². The number of rotatable bonds is 7. The summed E-state index contributed by atoms with van der Waals surface area (Å²) in [5.41, 5.74) is 2.94. The Morgan fingerprint density at radius 2 is 1.89 bits per heavy atom. The molecule has 11 nitrogen and oxygen atoms in total. The minimum absolute atomic E-state index is 0.0109. The first kappa shape index (κ1) is 29.0. The molecule has 0 fully saturated rings. The predicted octanol–water partition coefficient (Wildman–Crippen LogP) is 5.14. The molecule has 2 aliphatic heterocycles. The van der Waals surface area contributed by atoms with E-state index in [2.05, 4.69) is 0 Å². The Labute approximate surface area is 265 Å². The topological polar surface area (TPSA) is 135 Å². The standard InChI is InChI=1S/C34H25N3O8S/c1-3-42-33(39)29-30(20-7-5-4-6-8-20)35-34-36(31(29)21-9-13-26-27(16-21)44-18-43-26)32(38)28(46-34)17-23-11-14-25(45-23)24-12-10-22(37(40)41)15-19(24)2/h4-17,31H,3,18H2,1-2H3/b28-17-. The van der Waals surface area contributed by atoms with Gasteiger partial charge < -0.3 is 18.6 Å². The summed E-state index contributed by atoms with van der Waals surface area (Å²) in [5, 5.41) is 11.2. The number of esters is 1. The number of nitro benzene ring substituents is 1. The number of benzene rings is 3. The zero-order valence-corrected chi connectivity index (χ0v) is 25.4.